The fourth-order valence-corrected chi connectivity index (χ4v) is 3.36. The average molecular weight is 280 g/mol. The fraction of sp³-hybridized carbons (Fsp3) is 0.200. The molecule has 1 aliphatic carbocycles. The minimum absolute atomic E-state index is 0.591. The van der Waals surface area contributed by atoms with E-state index in [-0.39, 0.29) is 0 Å². The number of allylic oxidation sites excluding steroid dienone is 1. The first-order valence-electron chi connectivity index (χ1n) is 6.01. The third-order valence-electron chi connectivity index (χ3n) is 3.15. The van der Waals surface area contributed by atoms with Crippen LogP contribution in [0.2, 0.25) is 0 Å². The largest absolute Gasteiger partial charge is 0.416 e. The van der Waals surface area contributed by atoms with Crippen molar-refractivity contribution in [1.82, 2.24) is 0 Å². The second-order valence-corrected chi connectivity index (χ2v) is 5.65. The lowest BCUT2D eigenvalue weighted by atomic mass is 10.0. The van der Waals surface area contributed by atoms with Gasteiger partial charge in [0, 0.05) is 9.75 Å². The van der Waals surface area contributed by atoms with E-state index >= 15 is 0 Å². The Balaban J connectivity index is 2.03. The quantitative estimate of drug-likeness (QED) is 0.656. The van der Waals surface area contributed by atoms with Crippen LogP contribution in [-0.4, -0.2) is 0 Å². The van der Waals surface area contributed by atoms with Crippen LogP contribution in [0.4, 0.5) is 13.2 Å². The van der Waals surface area contributed by atoms with Crippen LogP contribution in [0.1, 0.15) is 22.4 Å². The van der Waals surface area contributed by atoms with Crippen LogP contribution in [0.3, 0.4) is 0 Å². The molecule has 1 aliphatic rings. The van der Waals surface area contributed by atoms with Gasteiger partial charge in [-0.25, -0.2) is 0 Å². The van der Waals surface area contributed by atoms with Crippen LogP contribution in [0.25, 0.3) is 16.5 Å². The van der Waals surface area contributed by atoms with E-state index in [0.29, 0.717) is 5.56 Å². The average Bonchev–Trinajstić information content (AvgIpc) is 2.81. The third kappa shape index (κ3) is 2.45. The molecule has 0 amide bonds. The van der Waals surface area contributed by atoms with Crippen LogP contribution in [0, 0.1) is 0 Å². The van der Waals surface area contributed by atoms with Gasteiger partial charge in [-0.15, -0.1) is 11.3 Å². The second kappa shape index (κ2) is 4.53. The highest BCUT2D eigenvalue weighted by Gasteiger charge is 2.30. The van der Waals surface area contributed by atoms with Crippen LogP contribution in [0.5, 0.6) is 0 Å². The monoisotopic (exact) mass is 280 g/mol. The van der Waals surface area contributed by atoms with Gasteiger partial charge in [0.25, 0.3) is 0 Å². The molecule has 1 heterocycles. The molecular formula is C15H11F3S. The summed E-state index contributed by atoms with van der Waals surface area (Å²) >= 11 is 1.59. The first kappa shape index (κ1) is 12.5. The van der Waals surface area contributed by atoms with Gasteiger partial charge in [-0.05, 0) is 42.2 Å². The maximum atomic E-state index is 12.7. The second-order valence-electron chi connectivity index (χ2n) is 4.51. The number of hydrogen-bond acceptors (Lipinski definition) is 1. The number of rotatable bonds is 1. The molecule has 0 saturated carbocycles. The van der Waals surface area contributed by atoms with Gasteiger partial charge in [-0.3, -0.25) is 0 Å². The Morgan fingerprint density at radius 3 is 2.68 bits per heavy atom. The highest BCUT2D eigenvalue weighted by molar-refractivity contribution is 7.15. The maximum absolute atomic E-state index is 12.7. The van der Waals surface area contributed by atoms with E-state index in [4.69, 9.17) is 0 Å². The Morgan fingerprint density at radius 2 is 1.95 bits per heavy atom. The predicted molar refractivity (Wildman–Crippen MR) is 72.1 cm³/mol. The molecular weight excluding hydrogens is 269 g/mol. The van der Waals surface area contributed by atoms with Gasteiger partial charge in [0.1, 0.15) is 0 Å². The zero-order chi connectivity index (χ0) is 13.5. The molecule has 0 atom stereocenters. The molecule has 0 fully saturated rings. The smallest absolute Gasteiger partial charge is 0.166 e. The standard InChI is InChI=1S/C15H11F3S/c16-15(17,18)12-6-3-5-10(8-12)14-9-11-4-1-2-7-13(11)19-14/h1,3-6,8-9H,2,7H2. The summed E-state index contributed by atoms with van der Waals surface area (Å²) in [6.45, 7) is 0. The summed E-state index contributed by atoms with van der Waals surface area (Å²) in [5.74, 6) is 0. The minimum atomic E-state index is -4.28. The molecule has 3 rings (SSSR count). The molecule has 19 heavy (non-hydrogen) atoms. The highest BCUT2D eigenvalue weighted by Crippen LogP contribution is 2.37. The Bertz CT molecular complexity index is 635. The molecule has 0 saturated heterocycles. The van der Waals surface area contributed by atoms with Gasteiger partial charge in [0.05, 0.1) is 5.56 Å². The van der Waals surface area contributed by atoms with Crippen molar-refractivity contribution in [1.29, 1.82) is 0 Å². The maximum Gasteiger partial charge on any atom is 0.416 e. The molecule has 0 aliphatic heterocycles. The molecule has 0 unspecified atom stereocenters. The number of halogens is 3. The van der Waals surface area contributed by atoms with E-state index in [1.807, 2.05) is 12.1 Å². The summed E-state index contributed by atoms with van der Waals surface area (Å²) in [5, 5.41) is 0. The van der Waals surface area contributed by atoms with Gasteiger partial charge in [0.2, 0.25) is 0 Å². The number of benzene rings is 1. The molecule has 1 aromatic carbocycles. The van der Waals surface area contributed by atoms with E-state index in [2.05, 4.69) is 6.08 Å². The Morgan fingerprint density at radius 1 is 1.11 bits per heavy atom. The summed E-state index contributed by atoms with van der Waals surface area (Å²) < 4.78 is 38.1. The first-order chi connectivity index (χ1) is 9.04. The van der Waals surface area contributed by atoms with Crippen molar-refractivity contribution in [3.05, 3.63) is 52.4 Å². The van der Waals surface area contributed by atoms with Crippen molar-refractivity contribution in [2.45, 2.75) is 19.0 Å². The lowest BCUT2D eigenvalue weighted by molar-refractivity contribution is -0.137. The van der Waals surface area contributed by atoms with E-state index in [1.54, 1.807) is 17.4 Å². The molecule has 98 valence electrons. The molecule has 0 bridgehead atoms. The first-order valence-corrected chi connectivity index (χ1v) is 6.82. The summed E-state index contributed by atoms with van der Waals surface area (Å²) in [6, 6.07) is 7.51. The van der Waals surface area contributed by atoms with Gasteiger partial charge >= 0.3 is 6.18 Å². The zero-order valence-corrected chi connectivity index (χ0v) is 10.8. The number of aryl methyl sites for hydroxylation is 1. The molecule has 0 nitrogen and oxygen atoms in total. The normalized spacial score (nSPS) is 14.5. The number of fused-ring (bicyclic) bond motifs is 1. The number of alkyl halides is 3. The van der Waals surface area contributed by atoms with E-state index in [0.717, 1.165) is 29.3 Å². The zero-order valence-electron chi connectivity index (χ0n) is 10.00. The van der Waals surface area contributed by atoms with E-state index in [1.165, 1.54) is 17.0 Å². The molecule has 2 aromatic rings. The topological polar surface area (TPSA) is 0 Å². The highest BCUT2D eigenvalue weighted by atomic mass is 32.1. The Hall–Kier alpha value is -1.55. The van der Waals surface area contributed by atoms with Crippen LogP contribution >= 0.6 is 11.3 Å². The van der Waals surface area contributed by atoms with Gasteiger partial charge < -0.3 is 0 Å². The molecule has 0 radical (unpaired) electrons. The predicted octanol–water partition coefficient (Wildman–Crippen LogP) is 5.39. The van der Waals surface area contributed by atoms with Crippen molar-refractivity contribution in [2.24, 2.45) is 0 Å². The van der Waals surface area contributed by atoms with Crippen molar-refractivity contribution in [3.63, 3.8) is 0 Å². The molecule has 1 aromatic heterocycles. The van der Waals surface area contributed by atoms with E-state index in [9.17, 15) is 13.2 Å². The fourth-order valence-electron chi connectivity index (χ4n) is 2.20. The van der Waals surface area contributed by atoms with Crippen LogP contribution < -0.4 is 0 Å². The lowest BCUT2D eigenvalue weighted by Gasteiger charge is -2.07. The molecule has 0 N–H and O–H groups in total. The minimum Gasteiger partial charge on any atom is -0.166 e. The van der Waals surface area contributed by atoms with Crippen LogP contribution in [0.15, 0.2) is 36.4 Å². The summed E-state index contributed by atoms with van der Waals surface area (Å²) in [4.78, 5) is 2.16. The van der Waals surface area contributed by atoms with Crippen molar-refractivity contribution < 1.29 is 13.2 Å². The summed E-state index contributed by atoms with van der Waals surface area (Å²) in [7, 11) is 0. The summed E-state index contributed by atoms with van der Waals surface area (Å²) in [6.07, 6.45) is 1.86. The SMILES string of the molecule is FC(F)(F)c1cccc(-c2cc3c(s2)CCC=C3)c1. The molecule has 4 heteroatoms. The number of thiophene rings is 1. The molecule has 0 spiro atoms. The van der Waals surface area contributed by atoms with Gasteiger partial charge in [-0.1, -0.05) is 24.3 Å². The summed E-state index contributed by atoms with van der Waals surface area (Å²) in [5.41, 5.74) is 1.19. The lowest BCUT2D eigenvalue weighted by Crippen LogP contribution is -2.04. The van der Waals surface area contributed by atoms with Crippen molar-refractivity contribution in [2.75, 3.05) is 0 Å². The van der Waals surface area contributed by atoms with Crippen molar-refractivity contribution >= 4 is 17.4 Å². The van der Waals surface area contributed by atoms with E-state index < -0.39 is 11.7 Å². The van der Waals surface area contributed by atoms with Gasteiger partial charge in [0.15, 0.2) is 0 Å². The van der Waals surface area contributed by atoms with Crippen LogP contribution in [-0.2, 0) is 12.6 Å². The van der Waals surface area contributed by atoms with Gasteiger partial charge in [-0.2, -0.15) is 13.2 Å². The Labute approximate surface area is 113 Å². The third-order valence-corrected chi connectivity index (χ3v) is 4.41. The van der Waals surface area contributed by atoms with Crippen molar-refractivity contribution in [3.8, 4) is 10.4 Å². The Kier molecular flexibility index (Phi) is 2.97. The number of hydrogen-bond donors (Lipinski definition) is 0.